The largest absolute Gasteiger partial charge is 0.467 e. The molecule has 1 unspecified atom stereocenters. The van der Waals surface area contributed by atoms with E-state index in [1.807, 2.05) is 19.1 Å². The van der Waals surface area contributed by atoms with Crippen molar-refractivity contribution in [3.63, 3.8) is 0 Å². The number of thiophene rings is 1. The summed E-state index contributed by atoms with van der Waals surface area (Å²) >= 11 is 7.81. The summed E-state index contributed by atoms with van der Waals surface area (Å²) in [6, 6.07) is 10.1. The SMILES string of the molecule is Cc1c(CC(N)C(=O)Nc2ccccn2)sc2c(NCc3ccco3)cc(Cl)nc12.Cl. The van der Waals surface area contributed by atoms with Gasteiger partial charge in [0.25, 0.3) is 0 Å². The standard InChI is InChI=1S/C21H20ClN5O2S.ClH/c1-12-16(9-14(23)21(28)27-18-6-2-3-7-24-18)30-20-15(10-17(22)26-19(12)20)25-11-13-5-4-8-29-13;/h2-8,10,14H,9,11,23H2,1H3,(H,25,26)(H,24,27,28);1H. The van der Waals surface area contributed by atoms with Gasteiger partial charge < -0.3 is 20.8 Å². The summed E-state index contributed by atoms with van der Waals surface area (Å²) in [5, 5.41) is 6.49. The van der Waals surface area contributed by atoms with Gasteiger partial charge in [-0.1, -0.05) is 17.7 Å². The molecule has 0 saturated carbocycles. The minimum atomic E-state index is -0.714. The van der Waals surface area contributed by atoms with E-state index in [0.29, 0.717) is 23.9 Å². The number of carbonyl (C=O) groups excluding carboxylic acids is 1. The first-order chi connectivity index (χ1) is 14.5. The van der Waals surface area contributed by atoms with Crippen LogP contribution in [0.2, 0.25) is 5.15 Å². The Kier molecular flexibility index (Phi) is 7.50. The van der Waals surface area contributed by atoms with E-state index in [1.165, 1.54) is 0 Å². The number of nitrogens with one attached hydrogen (secondary N) is 2. The zero-order chi connectivity index (χ0) is 21.1. The van der Waals surface area contributed by atoms with Crippen LogP contribution < -0.4 is 16.4 Å². The van der Waals surface area contributed by atoms with E-state index in [0.717, 1.165) is 32.1 Å². The average molecular weight is 478 g/mol. The van der Waals surface area contributed by atoms with Crippen molar-refractivity contribution in [3.05, 3.63) is 70.2 Å². The van der Waals surface area contributed by atoms with Gasteiger partial charge >= 0.3 is 0 Å². The highest BCUT2D eigenvalue weighted by Gasteiger charge is 2.20. The van der Waals surface area contributed by atoms with Crippen LogP contribution in [0, 0.1) is 6.92 Å². The number of hydrogen-bond acceptors (Lipinski definition) is 7. The second kappa shape index (κ2) is 10.1. The molecule has 1 amide bonds. The fourth-order valence-corrected chi connectivity index (χ4v) is 4.55. The van der Waals surface area contributed by atoms with E-state index in [-0.39, 0.29) is 18.3 Å². The number of rotatable bonds is 7. The van der Waals surface area contributed by atoms with Gasteiger partial charge in [0.05, 0.1) is 34.8 Å². The molecule has 4 heterocycles. The summed E-state index contributed by atoms with van der Waals surface area (Å²) in [5.74, 6) is 1.01. The number of aromatic nitrogens is 2. The predicted molar refractivity (Wildman–Crippen MR) is 127 cm³/mol. The van der Waals surface area contributed by atoms with E-state index in [2.05, 4.69) is 20.6 Å². The monoisotopic (exact) mass is 477 g/mol. The molecule has 10 heteroatoms. The summed E-state index contributed by atoms with van der Waals surface area (Å²) in [4.78, 5) is 22.0. The molecule has 4 aromatic rings. The Balaban J connectivity index is 0.00000272. The molecule has 0 aliphatic rings. The van der Waals surface area contributed by atoms with Crippen molar-refractivity contribution in [1.29, 1.82) is 0 Å². The lowest BCUT2D eigenvalue weighted by Crippen LogP contribution is -2.37. The van der Waals surface area contributed by atoms with Crippen molar-refractivity contribution < 1.29 is 9.21 Å². The van der Waals surface area contributed by atoms with Gasteiger partial charge in [-0.3, -0.25) is 4.79 Å². The maximum atomic E-state index is 12.5. The molecule has 1 atom stereocenters. The highest BCUT2D eigenvalue weighted by Crippen LogP contribution is 2.37. The summed E-state index contributed by atoms with van der Waals surface area (Å²) in [5.41, 5.74) is 8.82. The molecule has 0 aliphatic heterocycles. The van der Waals surface area contributed by atoms with Gasteiger partial charge in [-0.15, -0.1) is 23.7 Å². The van der Waals surface area contributed by atoms with Crippen molar-refractivity contribution in [2.24, 2.45) is 5.73 Å². The minimum absolute atomic E-state index is 0. The lowest BCUT2D eigenvalue weighted by atomic mass is 10.1. The van der Waals surface area contributed by atoms with Gasteiger partial charge in [0, 0.05) is 23.6 Å². The second-order valence-corrected chi connectivity index (χ2v) is 8.26. The molecular weight excluding hydrogens is 457 g/mol. The number of anilines is 2. The number of pyridine rings is 2. The van der Waals surface area contributed by atoms with Gasteiger partial charge in [-0.05, 0) is 36.8 Å². The Morgan fingerprint density at radius 3 is 2.87 bits per heavy atom. The molecule has 7 nitrogen and oxygen atoms in total. The fourth-order valence-electron chi connectivity index (χ4n) is 3.06. The number of fused-ring (bicyclic) bond motifs is 1. The van der Waals surface area contributed by atoms with Crippen molar-refractivity contribution >= 4 is 63.0 Å². The normalized spacial score (nSPS) is 11.7. The van der Waals surface area contributed by atoms with Crippen LogP contribution in [-0.4, -0.2) is 21.9 Å². The quantitative estimate of drug-likeness (QED) is 0.330. The van der Waals surface area contributed by atoms with Crippen LogP contribution in [0.25, 0.3) is 10.2 Å². The number of nitrogens with two attached hydrogens (primary N) is 1. The molecule has 0 bridgehead atoms. The van der Waals surface area contributed by atoms with Crippen LogP contribution in [-0.2, 0) is 17.8 Å². The van der Waals surface area contributed by atoms with Gasteiger partial charge in [0.2, 0.25) is 5.91 Å². The predicted octanol–water partition coefficient (Wildman–Crippen LogP) is 4.79. The summed E-state index contributed by atoms with van der Waals surface area (Å²) in [6.45, 7) is 2.50. The Morgan fingerprint density at radius 2 is 2.16 bits per heavy atom. The van der Waals surface area contributed by atoms with E-state index < -0.39 is 6.04 Å². The molecular formula is C21H21Cl2N5O2S. The molecule has 4 rings (SSSR count). The van der Waals surface area contributed by atoms with Crippen molar-refractivity contribution in [2.45, 2.75) is 25.9 Å². The van der Waals surface area contributed by atoms with Gasteiger partial charge in [-0.2, -0.15) is 0 Å². The van der Waals surface area contributed by atoms with Gasteiger partial charge in [0.15, 0.2) is 0 Å². The third kappa shape index (κ3) is 5.34. The Labute approximate surface area is 194 Å². The lowest BCUT2D eigenvalue weighted by Gasteiger charge is -2.11. The van der Waals surface area contributed by atoms with Crippen LogP contribution in [0.5, 0.6) is 0 Å². The number of furan rings is 1. The zero-order valence-corrected chi connectivity index (χ0v) is 19.0. The molecule has 0 aliphatic carbocycles. The molecule has 0 saturated heterocycles. The van der Waals surface area contributed by atoms with Crippen LogP contribution in [0.1, 0.15) is 16.2 Å². The number of halogens is 2. The first-order valence-corrected chi connectivity index (χ1v) is 10.5. The van der Waals surface area contributed by atoms with Gasteiger partial charge in [0.1, 0.15) is 16.7 Å². The fraction of sp³-hybridized carbons (Fsp3) is 0.190. The van der Waals surface area contributed by atoms with E-state index in [1.54, 1.807) is 48.1 Å². The molecule has 31 heavy (non-hydrogen) atoms. The maximum Gasteiger partial charge on any atom is 0.242 e. The van der Waals surface area contributed by atoms with Crippen molar-refractivity contribution in [2.75, 3.05) is 10.6 Å². The Bertz CT molecular complexity index is 1170. The average Bonchev–Trinajstić information content (AvgIpc) is 3.36. The molecule has 162 valence electrons. The maximum absolute atomic E-state index is 12.5. The zero-order valence-electron chi connectivity index (χ0n) is 16.6. The number of nitrogens with zero attached hydrogens (tertiary/aromatic N) is 2. The van der Waals surface area contributed by atoms with Gasteiger partial charge in [-0.25, -0.2) is 9.97 Å². The smallest absolute Gasteiger partial charge is 0.242 e. The highest BCUT2D eigenvalue weighted by atomic mass is 35.5. The van der Waals surface area contributed by atoms with E-state index in [9.17, 15) is 4.79 Å². The molecule has 4 N–H and O–H groups in total. The lowest BCUT2D eigenvalue weighted by molar-refractivity contribution is -0.117. The third-order valence-electron chi connectivity index (χ3n) is 4.63. The van der Waals surface area contributed by atoms with Crippen LogP contribution in [0.15, 0.2) is 53.3 Å². The molecule has 4 aromatic heterocycles. The topological polar surface area (TPSA) is 106 Å². The number of hydrogen-bond donors (Lipinski definition) is 3. The third-order valence-corrected chi connectivity index (χ3v) is 6.16. The summed E-state index contributed by atoms with van der Waals surface area (Å²) in [7, 11) is 0. The minimum Gasteiger partial charge on any atom is -0.467 e. The van der Waals surface area contributed by atoms with Crippen LogP contribution in [0.3, 0.4) is 0 Å². The number of aryl methyl sites for hydroxylation is 1. The first kappa shape index (κ1) is 23.0. The molecule has 0 spiro atoms. The summed E-state index contributed by atoms with van der Waals surface area (Å²) < 4.78 is 6.35. The van der Waals surface area contributed by atoms with E-state index >= 15 is 0 Å². The second-order valence-electron chi connectivity index (χ2n) is 6.77. The van der Waals surface area contributed by atoms with Crippen molar-refractivity contribution in [1.82, 2.24) is 9.97 Å². The Hall–Kier alpha value is -2.65. The molecule has 0 aromatic carbocycles. The number of amides is 1. The number of carbonyl (C=O) groups is 1. The summed E-state index contributed by atoms with van der Waals surface area (Å²) in [6.07, 6.45) is 3.64. The van der Waals surface area contributed by atoms with E-state index in [4.69, 9.17) is 21.8 Å². The highest BCUT2D eigenvalue weighted by molar-refractivity contribution is 7.19. The molecule has 0 radical (unpaired) electrons. The van der Waals surface area contributed by atoms with Crippen LogP contribution in [0.4, 0.5) is 11.5 Å². The molecule has 0 fully saturated rings. The first-order valence-electron chi connectivity index (χ1n) is 9.33. The van der Waals surface area contributed by atoms with Crippen molar-refractivity contribution in [3.8, 4) is 0 Å². The van der Waals surface area contributed by atoms with Crippen LogP contribution >= 0.6 is 35.3 Å². The Morgan fingerprint density at radius 1 is 1.32 bits per heavy atom.